The van der Waals surface area contributed by atoms with E-state index in [1.807, 2.05) is 18.4 Å². The van der Waals surface area contributed by atoms with E-state index in [9.17, 15) is 9.59 Å². The van der Waals surface area contributed by atoms with E-state index in [4.69, 9.17) is 0 Å². The number of methoxy groups -OCH3 is 1. The SMILES string of the molecule is COC(=O)c1cnc(NC(=O)c2ccc(SC)cc2)s1. The normalized spacial score (nSPS) is 10.1. The summed E-state index contributed by atoms with van der Waals surface area (Å²) < 4.78 is 4.58. The van der Waals surface area contributed by atoms with Crippen LogP contribution in [0.1, 0.15) is 20.0 Å². The minimum atomic E-state index is -0.465. The van der Waals surface area contributed by atoms with Gasteiger partial charge < -0.3 is 4.74 Å². The van der Waals surface area contributed by atoms with Crippen LogP contribution in [-0.2, 0) is 4.74 Å². The van der Waals surface area contributed by atoms with Crippen LogP contribution in [0.3, 0.4) is 0 Å². The predicted molar refractivity (Wildman–Crippen MR) is 79.6 cm³/mol. The number of anilines is 1. The molecular weight excluding hydrogens is 296 g/mol. The first-order chi connectivity index (χ1) is 9.63. The number of nitrogens with one attached hydrogen (secondary N) is 1. The van der Waals surface area contributed by atoms with Gasteiger partial charge in [-0.3, -0.25) is 10.1 Å². The van der Waals surface area contributed by atoms with Crippen LogP contribution in [0.15, 0.2) is 35.4 Å². The Labute approximate surface area is 124 Å². The Bertz CT molecular complexity index is 623. The van der Waals surface area contributed by atoms with E-state index in [-0.39, 0.29) is 5.91 Å². The zero-order chi connectivity index (χ0) is 14.5. The minimum absolute atomic E-state index is 0.261. The highest BCUT2D eigenvalue weighted by Gasteiger charge is 2.13. The molecular formula is C13H12N2O3S2. The molecule has 2 aromatic rings. The summed E-state index contributed by atoms with van der Waals surface area (Å²) in [5, 5.41) is 3.01. The Morgan fingerprint density at radius 1 is 1.30 bits per heavy atom. The third-order valence-electron chi connectivity index (χ3n) is 2.46. The molecule has 2 rings (SSSR count). The van der Waals surface area contributed by atoms with E-state index >= 15 is 0 Å². The molecule has 0 saturated carbocycles. The summed E-state index contributed by atoms with van der Waals surface area (Å²) in [6.07, 6.45) is 3.35. The molecule has 1 amide bonds. The fourth-order valence-electron chi connectivity index (χ4n) is 1.44. The third kappa shape index (κ3) is 3.37. The lowest BCUT2D eigenvalue weighted by Crippen LogP contribution is -2.11. The second-order valence-electron chi connectivity index (χ2n) is 3.70. The summed E-state index contributed by atoms with van der Waals surface area (Å²) in [6, 6.07) is 7.24. The highest BCUT2D eigenvalue weighted by atomic mass is 32.2. The second-order valence-corrected chi connectivity index (χ2v) is 5.61. The summed E-state index contributed by atoms with van der Waals surface area (Å²) in [4.78, 5) is 28.7. The number of rotatable bonds is 4. The zero-order valence-electron chi connectivity index (χ0n) is 10.9. The molecule has 0 fully saturated rings. The van der Waals surface area contributed by atoms with Crippen molar-refractivity contribution in [2.75, 3.05) is 18.7 Å². The lowest BCUT2D eigenvalue weighted by Gasteiger charge is -2.02. The van der Waals surface area contributed by atoms with Gasteiger partial charge in [0.1, 0.15) is 4.88 Å². The molecule has 1 aromatic heterocycles. The molecule has 104 valence electrons. The number of esters is 1. The molecule has 1 N–H and O–H groups in total. The maximum atomic E-state index is 12.0. The van der Waals surface area contributed by atoms with E-state index in [2.05, 4.69) is 15.0 Å². The van der Waals surface area contributed by atoms with Crippen molar-refractivity contribution in [1.29, 1.82) is 0 Å². The van der Waals surface area contributed by atoms with Crippen molar-refractivity contribution in [2.24, 2.45) is 0 Å². The second kappa shape index (κ2) is 6.53. The summed E-state index contributed by atoms with van der Waals surface area (Å²) in [6.45, 7) is 0. The molecule has 5 nitrogen and oxygen atoms in total. The van der Waals surface area contributed by atoms with Gasteiger partial charge in [0, 0.05) is 10.5 Å². The van der Waals surface area contributed by atoms with Gasteiger partial charge in [0.2, 0.25) is 0 Å². The summed E-state index contributed by atoms with van der Waals surface area (Å²) in [5.74, 6) is -0.726. The molecule has 0 atom stereocenters. The van der Waals surface area contributed by atoms with E-state index in [0.29, 0.717) is 15.6 Å². The van der Waals surface area contributed by atoms with E-state index in [0.717, 1.165) is 16.2 Å². The molecule has 0 aliphatic heterocycles. The van der Waals surface area contributed by atoms with Crippen molar-refractivity contribution in [3.05, 3.63) is 40.9 Å². The Balaban J connectivity index is 2.07. The zero-order valence-corrected chi connectivity index (χ0v) is 12.5. The van der Waals surface area contributed by atoms with Gasteiger partial charge >= 0.3 is 5.97 Å². The number of amides is 1. The lowest BCUT2D eigenvalue weighted by molar-refractivity contribution is 0.0606. The fourth-order valence-corrected chi connectivity index (χ4v) is 2.58. The highest BCUT2D eigenvalue weighted by molar-refractivity contribution is 7.98. The van der Waals surface area contributed by atoms with Crippen LogP contribution in [-0.4, -0.2) is 30.2 Å². The average Bonchev–Trinajstić information content (AvgIpc) is 2.95. The van der Waals surface area contributed by atoms with Crippen molar-refractivity contribution in [3.63, 3.8) is 0 Å². The van der Waals surface area contributed by atoms with Gasteiger partial charge in [-0.15, -0.1) is 11.8 Å². The van der Waals surface area contributed by atoms with Crippen LogP contribution in [0.5, 0.6) is 0 Å². The fraction of sp³-hybridized carbons (Fsp3) is 0.154. The Morgan fingerprint density at radius 3 is 2.60 bits per heavy atom. The molecule has 1 aromatic carbocycles. The molecule has 20 heavy (non-hydrogen) atoms. The Morgan fingerprint density at radius 2 is 2.00 bits per heavy atom. The first-order valence-corrected chi connectivity index (χ1v) is 7.67. The third-order valence-corrected chi connectivity index (χ3v) is 4.10. The molecule has 0 spiro atoms. The van der Waals surface area contributed by atoms with Crippen molar-refractivity contribution >= 4 is 40.1 Å². The maximum Gasteiger partial charge on any atom is 0.349 e. The number of carbonyl (C=O) groups excluding carboxylic acids is 2. The van der Waals surface area contributed by atoms with E-state index < -0.39 is 5.97 Å². The number of hydrogen-bond donors (Lipinski definition) is 1. The van der Waals surface area contributed by atoms with Gasteiger partial charge in [0.15, 0.2) is 5.13 Å². The molecule has 7 heteroatoms. The van der Waals surface area contributed by atoms with Gasteiger partial charge in [-0.25, -0.2) is 9.78 Å². The number of nitrogens with zero attached hydrogens (tertiary/aromatic N) is 1. The maximum absolute atomic E-state index is 12.0. The van der Waals surface area contributed by atoms with Crippen LogP contribution in [0.25, 0.3) is 0 Å². The standard InChI is InChI=1S/C13H12N2O3S2/c1-18-12(17)10-7-14-13(20-10)15-11(16)8-3-5-9(19-2)6-4-8/h3-7H,1-2H3,(H,14,15,16). The molecule has 1 heterocycles. The quantitative estimate of drug-likeness (QED) is 0.695. The monoisotopic (exact) mass is 308 g/mol. The van der Waals surface area contributed by atoms with Gasteiger partial charge in [-0.05, 0) is 30.5 Å². The smallest absolute Gasteiger partial charge is 0.349 e. The van der Waals surface area contributed by atoms with Crippen LogP contribution >= 0.6 is 23.1 Å². The summed E-state index contributed by atoms with van der Waals surface area (Å²) in [7, 11) is 1.30. The number of hydrogen-bond acceptors (Lipinski definition) is 6. The molecule has 0 aliphatic carbocycles. The molecule has 0 saturated heterocycles. The largest absolute Gasteiger partial charge is 0.465 e. The molecule has 0 aliphatic rings. The number of thioether (sulfide) groups is 1. The van der Waals surface area contributed by atoms with Gasteiger partial charge in [0.05, 0.1) is 13.3 Å². The molecule has 0 bridgehead atoms. The van der Waals surface area contributed by atoms with E-state index in [1.165, 1.54) is 13.3 Å². The predicted octanol–water partition coefficient (Wildman–Crippen LogP) is 2.90. The van der Waals surface area contributed by atoms with Crippen LogP contribution in [0.4, 0.5) is 5.13 Å². The van der Waals surface area contributed by atoms with Crippen LogP contribution < -0.4 is 5.32 Å². The molecule has 0 unspecified atom stereocenters. The van der Waals surface area contributed by atoms with Gasteiger partial charge in [0.25, 0.3) is 5.91 Å². The van der Waals surface area contributed by atoms with Crippen LogP contribution in [0.2, 0.25) is 0 Å². The Kier molecular flexibility index (Phi) is 4.75. The van der Waals surface area contributed by atoms with Gasteiger partial charge in [-0.1, -0.05) is 11.3 Å². The number of ether oxygens (including phenoxy) is 1. The molecule has 0 radical (unpaired) electrons. The minimum Gasteiger partial charge on any atom is -0.465 e. The lowest BCUT2D eigenvalue weighted by atomic mass is 10.2. The van der Waals surface area contributed by atoms with Crippen LogP contribution in [0, 0.1) is 0 Å². The highest BCUT2D eigenvalue weighted by Crippen LogP contribution is 2.20. The summed E-state index contributed by atoms with van der Waals surface area (Å²) >= 11 is 2.68. The van der Waals surface area contributed by atoms with E-state index in [1.54, 1.807) is 23.9 Å². The topological polar surface area (TPSA) is 68.3 Å². The number of carbonyl (C=O) groups is 2. The first-order valence-electron chi connectivity index (χ1n) is 5.63. The van der Waals surface area contributed by atoms with Gasteiger partial charge in [-0.2, -0.15) is 0 Å². The Hall–Kier alpha value is -1.86. The van der Waals surface area contributed by atoms with Crippen molar-refractivity contribution in [3.8, 4) is 0 Å². The van der Waals surface area contributed by atoms with Crippen molar-refractivity contribution in [1.82, 2.24) is 4.98 Å². The number of benzene rings is 1. The average molecular weight is 308 g/mol. The first kappa shape index (κ1) is 14.5. The van der Waals surface area contributed by atoms with Crippen molar-refractivity contribution in [2.45, 2.75) is 4.90 Å². The number of aromatic nitrogens is 1. The van der Waals surface area contributed by atoms with Crippen molar-refractivity contribution < 1.29 is 14.3 Å². The summed E-state index contributed by atoms with van der Waals surface area (Å²) in [5.41, 5.74) is 0.539. The number of thiazole rings is 1.